The van der Waals surface area contributed by atoms with Gasteiger partial charge in [-0.2, -0.15) is 0 Å². The van der Waals surface area contributed by atoms with Crippen LogP contribution in [0, 0.1) is 5.41 Å². The molecule has 1 saturated carbocycles. The number of nitrogens with one attached hydrogen (secondary N) is 1. The zero-order chi connectivity index (χ0) is 13.0. The van der Waals surface area contributed by atoms with Gasteiger partial charge in [0.2, 0.25) is 5.95 Å². The molecule has 2 bridgehead atoms. The largest absolute Gasteiger partial charge is 0.395 e. The Morgan fingerprint density at radius 2 is 2.22 bits per heavy atom. The first-order valence-electron chi connectivity index (χ1n) is 6.73. The lowest BCUT2D eigenvalue weighted by molar-refractivity contribution is 0.227. The second kappa shape index (κ2) is 3.67. The van der Waals surface area contributed by atoms with E-state index in [1.807, 2.05) is 6.20 Å². The van der Waals surface area contributed by atoms with Crippen molar-refractivity contribution >= 4 is 5.95 Å². The third-order valence-corrected chi connectivity index (χ3v) is 5.34. The number of nitrogens with zero attached hydrogens (tertiary/aromatic N) is 2. The summed E-state index contributed by atoms with van der Waals surface area (Å²) in [4.78, 5) is 9.08. The lowest BCUT2D eigenvalue weighted by Gasteiger charge is -2.34. The van der Waals surface area contributed by atoms with E-state index >= 15 is 0 Å². The number of anilines is 1. The summed E-state index contributed by atoms with van der Waals surface area (Å²) >= 11 is 0. The molecule has 2 atom stereocenters. The van der Waals surface area contributed by atoms with E-state index in [0.717, 1.165) is 0 Å². The van der Waals surface area contributed by atoms with Crippen molar-refractivity contribution in [3.8, 4) is 0 Å². The summed E-state index contributed by atoms with van der Waals surface area (Å²) in [5.74, 6) is 1.25. The van der Waals surface area contributed by atoms with Crippen molar-refractivity contribution < 1.29 is 5.11 Å². The predicted molar refractivity (Wildman–Crippen MR) is 70.7 cm³/mol. The van der Waals surface area contributed by atoms with Gasteiger partial charge in [0.05, 0.1) is 12.3 Å². The first kappa shape index (κ1) is 11.9. The number of aliphatic hydroxyl groups is 1. The van der Waals surface area contributed by atoms with Gasteiger partial charge < -0.3 is 10.4 Å². The molecule has 0 spiro atoms. The van der Waals surface area contributed by atoms with Gasteiger partial charge in [0, 0.05) is 18.2 Å². The van der Waals surface area contributed by atoms with E-state index in [2.05, 4.69) is 31.1 Å². The maximum Gasteiger partial charge on any atom is 0.222 e. The number of rotatable bonds is 3. The van der Waals surface area contributed by atoms with E-state index in [0.29, 0.717) is 18.4 Å². The van der Waals surface area contributed by atoms with Crippen molar-refractivity contribution in [3.63, 3.8) is 0 Å². The molecule has 1 heterocycles. The Bertz CT molecular complexity index is 486. The highest BCUT2D eigenvalue weighted by Crippen LogP contribution is 2.66. The minimum Gasteiger partial charge on any atom is -0.395 e. The van der Waals surface area contributed by atoms with E-state index in [4.69, 9.17) is 10.1 Å². The van der Waals surface area contributed by atoms with Crippen LogP contribution in [0.5, 0.6) is 0 Å². The summed E-state index contributed by atoms with van der Waals surface area (Å²) in [5.41, 5.74) is 3.01. The summed E-state index contributed by atoms with van der Waals surface area (Å²) in [6.07, 6.45) is 4.45. The molecular weight excluding hydrogens is 226 g/mol. The molecule has 0 saturated heterocycles. The molecule has 1 aromatic heterocycles. The van der Waals surface area contributed by atoms with Crippen molar-refractivity contribution in [2.24, 2.45) is 5.41 Å². The molecule has 18 heavy (non-hydrogen) atoms. The van der Waals surface area contributed by atoms with E-state index in [-0.39, 0.29) is 17.4 Å². The third-order valence-electron chi connectivity index (χ3n) is 5.34. The molecule has 0 amide bonds. The van der Waals surface area contributed by atoms with Crippen LogP contribution in [-0.4, -0.2) is 28.2 Å². The Kier molecular flexibility index (Phi) is 2.43. The molecule has 0 radical (unpaired) electrons. The van der Waals surface area contributed by atoms with Crippen LogP contribution in [0.3, 0.4) is 0 Å². The van der Waals surface area contributed by atoms with E-state index < -0.39 is 0 Å². The number of aliphatic hydroxyl groups excluding tert-OH is 1. The monoisotopic (exact) mass is 247 g/mol. The summed E-state index contributed by atoms with van der Waals surface area (Å²) in [6.45, 7) is 7.65. The van der Waals surface area contributed by atoms with Crippen LogP contribution in [0.4, 0.5) is 5.95 Å². The molecule has 2 aliphatic carbocycles. The first-order chi connectivity index (χ1) is 8.50. The molecule has 0 aromatic carbocycles. The van der Waals surface area contributed by atoms with Gasteiger partial charge in [0.15, 0.2) is 0 Å². The zero-order valence-corrected chi connectivity index (χ0v) is 11.3. The summed E-state index contributed by atoms with van der Waals surface area (Å²) in [6, 6.07) is 0. The lowest BCUT2D eigenvalue weighted by Crippen LogP contribution is -2.32. The van der Waals surface area contributed by atoms with Crippen LogP contribution < -0.4 is 5.32 Å². The highest BCUT2D eigenvalue weighted by atomic mass is 16.3. The van der Waals surface area contributed by atoms with Crippen LogP contribution in [0.25, 0.3) is 0 Å². The maximum absolute atomic E-state index is 8.84. The predicted octanol–water partition coefficient (Wildman–Crippen LogP) is 2.06. The van der Waals surface area contributed by atoms with Crippen LogP contribution in [0.2, 0.25) is 0 Å². The molecule has 98 valence electrons. The summed E-state index contributed by atoms with van der Waals surface area (Å²) in [5, 5.41) is 11.9. The SMILES string of the molecule is CC12CCC(c3cnc(NCCO)nc31)C2(C)C. The molecule has 0 aliphatic heterocycles. The van der Waals surface area contributed by atoms with Gasteiger partial charge in [-0.05, 0) is 29.7 Å². The van der Waals surface area contributed by atoms with Crippen LogP contribution in [0.15, 0.2) is 6.20 Å². The first-order valence-corrected chi connectivity index (χ1v) is 6.73. The average molecular weight is 247 g/mol. The van der Waals surface area contributed by atoms with Crippen LogP contribution >= 0.6 is 0 Å². The summed E-state index contributed by atoms with van der Waals surface area (Å²) < 4.78 is 0. The van der Waals surface area contributed by atoms with Crippen molar-refractivity contribution in [1.82, 2.24) is 9.97 Å². The van der Waals surface area contributed by atoms with E-state index in [9.17, 15) is 0 Å². The molecule has 4 heteroatoms. The maximum atomic E-state index is 8.84. The highest BCUT2D eigenvalue weighted by Gasteiger charge is 2.60. The Morgan fingerprint density at radius 3 is 2.94 bits per heavy atom. The van der Waals surface area contributed by atoms with Crippen molar-refractivity contribution in [2.75, 3.05) is 18.5 Å². The Balaban J connectivity index is 2.02. The topological polar surface area (TPSA) is 58.0 Å². The fourth-order valence-corrected chi connectivity index (χ4v) is 3.81. The van der Waals surface area contributed by atoms with E-state index in [1.54, 1.807) is 0 Å². The second-order valence-corrected chi connectivity index (χ2v) is 6.29. The smallest absolute Gasteiger partial charge is 0.222 e. The minimum atomic E-state index is 0.103. The van der Waals surface area contributed by atoms with Gasteiger partial charge >= 0.3 is 0 Å². The highest BCUT2D eigenvalue weighted by molar-refractivity contribution is 5.46. The van der Waals surface area contributed by atoms with Crippen molar-refractivity contribution in [1.29, 1.82) is 0 Å². The molecule has 1 fully saturated rings. The Morgan fingerprint density at radius 1 is 1.44 bits per heavy atom. The number of hydrogen-bond acceptors (Lipinski definition) is 4. The van der Waals surface area contributed by atoms with Gasteiger partial charge in [-0.15, -0.1) is 0 Å². The minimum absolute atomic E-state index is 0.103. The van der Waals surface area contributed by atoms with Crippen molar-refractivity contribution in [2.45, 2.75) is 44.9 Å². The molecular formula is C14H21N3O. The second-order valence-electron chi connectivity index (χ2n) is 6.29. The zero-order valence-electron chi connectivity index (χ0n) is 11.3. The number of aromatic nitrogens is 2. The molecule has 2 N–H and O–H groups in total. The van der Waals surface area contributed by atoms with Crippen LogP contribution in [0.1, 0.15) is 50.8 Å². The number of fused-ring (bicyclic) bond motifs is 5. The lowest BCUT2D eigenvalue weighted by atomic mass is 9.70. The quantitative estimate of drug-likeness (QED) is 0.858. The molecule has 3 rings (SSSR count). The molecule has 2 aliphatic rings. The Hall–Kier alpha value is -1.16. The van der Waals surface area contributed by atoms with E-state index in [1.165, 1.54) is 24.1 Å². The van der Waals surface area contributed by atoms with Crippen molar-refractivity contribution in [3.05, 3.63) is 17.5 Å². The van der Waals surface area contributed by atoms with Crippen LogP contribution in [-0.2, 0) is 5.41 Å². The van der Waals surface area contributed by atoms with Gasteiger partial charge in [-0.25, -0.2) is 9.97 Å². The Labute approximate surface area is 108 Å². The van der Waals surface area contributed by atoms with Gasteiger partial charge in [-0.1, -0.05) is 20.8 Å². The van der Waals surface area contributed by atoms with Gasteiger partial charge in [0.25, 0.3) is 0 Å². The average Bonchev–Trinajstić information content (AvgIpc) is 2.67. The molecule has 1 aromatic rings. The summed E-state index contributed by atoms with van der Waals surface area (Å²) in [7, 11) is 0. The molecule has 4 nitrogen and oxygen atoms in total. The normalized spacial score (nSPS) is 31.4. The standard InChI is InChI=1S/C14H21N3O/c1-13(2)10-4-5-14(13,3)11-9(10)8-16-12(17-11)15-6-7-18/h8,10,18H,4-7H2,1-3H3,(H,15,16,17). The van der Waals surface area contributed by atoms with Gasteiger partial charge in [-0.3, -0.25) is 0 Å². The number of hydrogen-bond donors (Lipinski definition) is 2. The van der Waals surface area contributed by atoms with Gasteiger partial charge in [0.1, 0.15) is 0 Å². The molecule has 2 unspecified atom stereocenters. The third kappa shape index (κ3) is 1.30. The fourth-order valence-electron chi connectivity index (χ4n) is 3.81. The fraction of sp³-hybridized carbons (Fsp3) is 0.714.